The highest BCUT2D eigenvalue weighted by molar-refractivity contribution is 6.32. The average Bonchev–Trinajstić information content (AvgIpc) is 2.86. The van der Waals surface area contributed by atoms with Crippen molar-refractivity contribution in [2.24, 2.45) is 0 Å². The van der Waals surface area contributed by atoms with Crippen LogP contribution in [0.25, 0.3) is 0 Å². The lowest BCUT2D eigenvalue weighted by atomic mass is 10.2. The molecule has 108 valence electrons. The Bertz CT molecular complexity index is 595. The largest absolute Gasteiger partial charge is 0.495 e. The molecule has 0 spiro atoms. The van der Waals surface area contributed by atoms with E-state index in [0.29, 0.717) is 16.5 Å². The fourth-order valence-electron chi connectivity index (χ4n) is 1.96. The Balaban J connectivity index is 2.26. The summed E-state index contributed by atoms with van der Waals surface area (Å²) >= 11 is 6.15. The van der Waals surface area contributed by atoms with Crippen molar-refractivity contribution in [2.75, 3.05) is 19.5 Å². The number of halogens is 1. The molecule has 0 bridgehead atoms. The number of rotatable bonds is 5. The summed E-state index contributed by atoms with van der Waals surface area (Å²) in [7, 11) is 3.18. The van der Waals surface area contributed by atoms with Crippen LogP contribution in [0.1, 0.15) is 24.5 Å². The van der Waals surface area contributed by atoms with Crippen molar-refractivity contribution in [3.8, 4) is 11.5 Å². The van der Waals surface area contributed by atoms with E-state index in [1.165, 1.54) is 0 Å². The van der Waals surface area contributed by atoms with Gasteiger partial charge in [0.2, 0.25) is 0 Å². The minimum Gasteiger partial charge on any atom is -0.495 e. The van der Waals surface area contributed by atoms with Gasteiger partial charge in [0, 0.05) is 6.07 Å². The lowest BCUT2D eigenvalue weighted by molar-refractivity contribution is 0.395. The second kappa shape index (κ2) is 6.09. The molecule has 1 unspecified atom stereocenters. The van der Waals surface area contributed by atoms with Gasteiger partial charge in [0.15, 0.2) is 0 Å². The zero-order valence-electron chi connectivity index (χ0n) is 12.0. The highest BCUT2D eigenvalue weighted by Crippen LogP contribution is 2.37. The molecule has 1 atom stereocenters. The fraction of sp³-hybridized carbons (Fsp3) is 0.333. The molecule has 4 nitrogen and oxygen atoms in total. The Morgan fingerprint density at radius 2 is 1.85 bits per heavy atom. The minimum atomic E-state index is 0.00191. The first-order chi connectivity index (χ1) is 9.55. The topological polar surface area (TPSA) is 43.6 Å². The van der Waals surface area contributed by atoms with Gasteiger partial charge in [0.05, 0.1) is 31.0 Å². The van der Waals surface area contributed by atoms with Gasteiger partial charge in [-0.05, 0) is 32.0 Å². The van der Waals surface area contributed by atoms with E-state index in [1.54, 1.807) is 26.4 Å². The lowest BCUT2D eigenvalue weighted by Crippen LogP contribution is -2.07. The zero-order chi connectivity index (χ0) is 14.7. The van der Waals surface area contributed by atoms with E-state index in [2.05, 4.69) is 5.32 Å². The summed E-state index contributed by atoms with van der Waals surface area (Å²) in [5, 5.41) is 3.85. The number of ether oxygens (including phenoxy) is 2. The molecule has 1 heterocycles. The predicted octanol–water partition coefficient (Wildman–Crippen LogP) is 4.43. The first-order valence-corrected chi connectivity index (χ1v) is 6.67. The molecule has 0 saturated heterocycles. The van der Waals surface area contributed by atoms with Crippen molar-refractivity contribution in [1.29, 1.82) is 0 Å². The number of aryl methyl sites for hydroxylation is 1. The molecule has 20 heavy (non-hydrogen) atoms. The molecule has 0 radical (unpaired) electrons. The van der Waals surface area contributed by atoms with Crippen molar-refractivity contribution in [2.45, 2.75) is 19.9 Å². The Hall–Kier alpha value is -1.81. The number of furan rings is 1. The number of hydrogen-bond donors (Lipinski definition) is 1. The van der Waals surface area contributed by atoms with Gasteiger partial charge in [-0.3, -0.25) is 0 Å². The van der Waals surface area contributed by atoms with Crippen LogP contribution in [-0.2, 0) is 0 Å². The SMILES string of the molecule is COc1cc(OC)c(NC(C)c2ccc(C)o2)cc1Cl. The molecular weight excluding hydrogens is 278 g/mol. The van der Waals surface area contributed by atoms with Gasteiger partial charge in [-0.1, -0.05) is 11.6 Å². The molecule has 1 aromatic carbocycles. The van der Waals surface area contributed by atoms with E-state index in [1.807, 2.05) is 26.0 Å². The number of hydrogen-bond acceptors (Lipinski definition) is 4. The van der Waals surface area contributed by atoms with Crippen LogP contribution in [0, 0.1) is 6.92 Å². The maximum absolute atomic E-state index is 6.15. The predicted molar refractivity (Wildman–Crippen MR) is 80.0 cm³/mol. The molecular formula is C15H18ClNO3. The summed E-state index contributed by atoms with van der Waals surface area (Å²) in [6, 6.07) is 7.43. The van der Waals surface area contributed by atoms with Crippen LogP contribution in [0.15, 0.2) is 28.7 Å². The van der Waals surface area contributed by atoms with Gasteiger partial charge in [-0.15, -0.1) is 0 Å². The molecule has 2 rings (SSSR count). The molecule has 0 aliphatic rings. The molecule has 1 N–H and O–H groups in total. The third kappa shape index (κ3) is 3.02. The van der Waals surface area contributed by atoms with Crippen molar-refractivity contribution in [1.82, 2.24) is 0 Å². The molecule has 0 fully saturated rings. The number of nitrogens with one attached hydrogen (secondary N) is 1. The van der Waals surface area contributed by atoms with E-state index in [9.17, 15) is 0 Å². The molecule has 0 saturated carbocycles. The Kier molecular flexibility index (Phi) is 4.45. The smallest absolute Gasteiger partial charge is 0.145 e. The maximum atomic E-state index is 6.15. The summed E-state index contributed by atoms with van der Waals surface area (Å²) in [6.45, 7) is 3.93. The van der Waals surface area contributed by atoms with Gasteiger partial charge in [0.1, 0.15) is 23.0 Å². The van der Waals surface area contributed by atoms with E-state index in [0.717, 1.165) is 17.2 Å². The molecule has 0 aliphatic heterocycles. The van der Waals surface area contributed by atoms with Gasteiger partial charge >= 0.3 is 0 Å². The average molecular weight is 296 g/mol. The number of benzene rings is 1. The summed E-state index contributed by atoms with van der Waals surface area (Å²) in [5.74, 6) is 2.99. The van der Waals surface area contributed by atoms with E-state index in [-0.39, 0.29) is 6.04 Å². The van der Waals surface area contributed by atoms with Crippen LogP contribution in [0.2, 0.25) is 5.02 Å². The third-order valence-corrected chi connectivity index (χ3v) is 3.33. The second-order valence-electron chi connectivity index (χ2n) is 4.50. The minimum absolute atomic E-state index is 0.00191. The van der Waals surface area contributed by atoms with Crippen LogP contribution in [-0.4, -0.2) is 14.2 Å². The van der Waals surface area contributed by atoms with Gasteiger partial charge in [0.25, 0.3) is 0 Å². The Morgan fingerprint density at radius 3 is 2.40 bits per heavy atom. The van der Waals surface area contributed by atoms with Gasteiger partial charge < -0.3 is 19.2 Å². The number of methoxy groups -OCH3 is 2. The number of anilines is 1. The Labute approximate surface area is 123 Å². The standard InChI is InChI=1S/C15H18ClNO3/c1-9-5-6-13(20-9)10(2)17-12-7-11(16)14(18-3)8-15(12)19-4/h5-8,10,17H,1-4H3. The molecule has 1 aromatic heterocycles. The third-order valence-electron chi connectivity index (χ3n) is 3.03. The first kappa shape index (κ1) is 14.6. The summed E-state index contributed by atoms with van der Waals surface area (Å²) in [4.78, 5) is 0. The Morgan fingerprint density at radius 1 is 1.15 bits per heavy atom. The normalized spacial score (nSPS) is 12.1. The van der Waals surface area contributed by atoms with Crippen molar-refractivity contribution in [3.63, 3.8) is 0 Å². The van der Waals surface area contributed by atoms with Crippen LogP contribution >= 0.6 is 11.6 Å². The second-order valence-corrected chi connectivity index (χ2v) is 4.91. The molecule has 2 aromatic rings. The van der Waals surface area contributed by atoms with E-state index in [4.69, 9.17) is 25.5 Å². The summed E-state index contributed by atoms with van der Waals surface area (Å²) < 4.78 is 16.1. The van der Waals surface area contributed by atoms with Crippen LogP contribution < -0.4 is 14.8 Å². The highest BCUT2D eigenvalue weighted by Gasteiger charge is 2.14. The van der Waals surface area contributed by atoms with Crippen molar-refractivity contribution in [3.05, 3.63) is 40.8 Å². The van der Waals surface area contributed by atoms with E-state index >= 15 is 0 Å². The molecule has 5 heteroatoms. The van der Waals surface area contributed by atoms with Crippen molar-refractivity contribution < 1.29 is 13.9 Å². The lowest BCUT2D eigenvalue weighted by Gasteiger charge is -2.17. The maximum Gasteiger partial charge on any atom is 0.145 e. The summed E-state index contributed by atoms with van der Waals surface area (Å²) in [5.41, 5.74) is 0.792. The first-order valence-electron chi connectivity index (χ1n) is 6.29. The zero-order valence-corrected chi connectivity index (χ0v) is 12.7. The highest BCUT2D eigenvalue weighted by atomic mass is 35.5. The van der Waals surface area contributed by atoms with Gasteiger partial charge in [-0.2, -0.15) is 0 Å². The quantitative estimate of drug-likeness (QED) is 0.886. The van der Waals surface area contributed by atoms with Crippen molar-refractivity contribution >= 4 is 17.3 Å². The molecule has 0 aliphatic carbocycles. The van der Waals surface area contributed by atoms with Crippen LogP contribution in [0.3, 0.4) is 0 Å². The van der Waals surface area contributed by atoms with Gasteiger partial charge in [-0.25, -0.2) is 0 Å². The van der Waals surface area contributed by atoms with Crippen LogP contribution in [0.4, 0.5) is 5.69 Å². The molecule has 0 amide bonds. The fourth-order valence-corrected chi connectivity index (χ4v) is 2.20. The monoisotopic (exact) mass is 295 g/mol. The van der Waals surface area contributed by atoms with Crippen LogP contribution in [0.5, 0.6) is 11.5 Å². The van der Waals surface area contributed by atoms with E-state index < -0.39 is 0 Å². The summed E-state index contributed by atoms with van der Waals surface area (Å²) in [6.07, 6.45) is 0.